The van der Waals surface area contributed by atoms with Gasteiger partial charge in [0, 0.05) is 19.2 Å². The number of nitrogens with zero attached hydrogens (tertiary/aromatic N) is 1. The first-order valence-electron chi connectivity index (χ1n) is 5.54. The topological polar surface area (TPSA) is 46.6 Å². The van der Waals surface area contributed by atoms with Crippen molar-refractivity contribution in [3.63, 3.8) is 0 Å². The summed E-state index contributed by atoms with van der Waals surface area (Å²) in [6.07, 6.45) is 0. The Hall–Kier alpha value is -1.91. The van der Waals surface area contributed by atoms with E-state index in [9.17, 15) is 14.0 Å². The molecule has 0 saturated carbocycles. The lowest BCUT2D eigenvalue weighted by Crippen LogP contribution is -2.34. The molecule has 1 unspecified atom stereocenters. The molecule has 0 heterocycles. The maximum atomic E-state index is 12.7. The van der Waals surface area contributed by atoms with E-state index in [0.717, 1.165) is 0 Å². The Bertz CT molecular complexity index is 430. The van der Waals surface area contributed by atoms with Crippen LogP contribution in [0.2, 0.25) is 0 Å². The average molecular weight is 253 g/mol. The number of rotatable bonds is 4. The van der Waals surface area contributed by atoms with Gasteiger partial charge < -0.3 is 9.64 Å². The van der Waals surface area contributed by atoms with Gasteiger partial charge in [-0.25, -0.2) is 4.39 Å². The minimum atomic E-state index is -0.399. The monoisotopic (exact) mass is 253 g/mol. The Morgan fingerprint density at radius 2 is 1.89 bits per heavy atom. The summed E-state index contributed by atoms with van der Waals surface area (Å²) in [7, 11) is 2.89. The molecule has 0 saturated heterocycles. The third-order valence-electron chi connectivity index (χ3n) is 2.59. The summed E-state index contributed by atoms with van der Waals surface area (Å²) in [5.74, 6) is -1.42. The number of carbonyl (C=O) groups excluding carboxylic acids is 2. The molecule has 98 valence electrons. The second kappa shape index (κ2) is 6.14. The number of amides is 1. The quantitative estimate of drug-likeness (QED) is 0.767. The summed E-state index contributed by atoms with van der Waals surface area (Å²) in [5, 5.41) is 0. The van der Waals surface area contributed by atoms with Crippen LogP contribution >= 0.6 is 0 Å². The fraction of sp³-hybridized carbons (Fsp3) is 0.385. The van der Waals surface area contributed by atoms with E-state index >= 15 is 0 Å². The fourth-order valence-corrected chi connectivity index (χ4v) is 1.58. The predicted octanol–water partition coefficient (Wildman–Crippen LogP) is 1.71. The minimum absolute atomic E-state index is 0.253. The Kier molecular flexibility index (Phi) is 4.83. The molecule has 0 radical (unpaired) electrons. The highest BCUT2D eigenvalue weighted by molar-refractivity contribution is 5.94. The first kappa shape index (κ1) is 14.2. The number of benzene rings is 1. The molecular formula is C13H16FNO3. The van der Waals surface area contributed by atoms with E-state index in [1.54, 1.807) is 14.0 Å². The van der Waals surface area contributed by atoms with Gasteiger partial charge in [-0.3, -0.25) is 9.59 Å². The Balaban J connectivity index is 2.67. The molecule has 0 bridgehead atoms. The van der Waals surface area contributed by atoms with Crippen LogP contribution in [0.3, 0.4) is 0 Å². The largest absolute Gasteiger partial charge is 0.469 e. The molecule has 1 aromatic carbocycles. The van der Waals surface area contributed by atoms with Gasteiger partial charge in [0.1, 0.15) is 5.82 Å². The van der Waals surface area contributed by atoms with Gasteiger partial charge in [0.25, 0.3) is 5.91 Å². The van der Waals surface area contributed by atoms with Crippen LogP contribution in [0, 0.1) is 11.7 Å². The summed E-state index contributed by atoms with van der Waals surface area (Å²) in [6, 6.07) is 5.28. The van der Waals surface area contributed by atoms with Gasteiger partial charge in [0.2, 0.25) is 0 Å². The lowest BCUT2D eigenvalue weighted by atomic mass is 10.1. The third-order valence-corrected chi connectivity index (χ3v) is 2.59. The zero-order chi connectivity index (χ0) is 13.7. The smallest absolute Gasteiger partial charge is 0.310 e. The molecule has 0 N–H and O–H groups in total. The second-order valence-corrected chi connectivity index (χ2v) is 4.12. The van der Waals surface area contributed by atoms with Gasteiger partial charge in [0.15, 0.2) is 0 Å². The fourth-order valence-electron chi connectivity index (χ4n) is 1.58. The summed E-state index contributed by atoms with van der Waals surface area (Å²) in [6.45, 7) is 1.93. The molecule has 0 aliphatic carbocycles. The van der Waals surface area contributed by atoms with Crippen molar-refractivity contribution in [2.45, 2.75) is 6.92 Å². The molecule has 0 aliphatic heterocycles. The van der Waals surface area contributed by atoms with E-state index in [0.29, 0.717) is 5.56 Å². The zero-order valence-corrected chi connectivity index (χ0v) is 10.6. The van der Waals surface area contributed by atoms with Crippen LogP contribution in [-0.4, -0.2) is 37.5 Å². The van der Waals surface area contributed by atoms with Crippen molar-refractivity contribution in [2.75, 3.05) is 20.7 Å². The van der Waals surface area contributed by atoms with Crippen LogP contribution < -0.4 is 0 Å². The highest BCUT2D eigenvalue weighted by atomic mass is 19.1. The molecule has 4 nitrogen and oxygen atoms in total. The molecule has 1 rings (SSSR count). The standard InChI is InChI=1S/C13H16FNO3/c1-9(13(17)18-3)8-15(2)12(16)10-4-6-11(14)7-5-10/h4-7,9H,8H2,1-3H3. The van der Waals surface area contributed by atoms with Crippen LogP contribution in [0.25, 0.3) is 0 Å². The van der Waals surface area contributed by atoms with Crippen molar-refractivity contribution >= 4 is 11.9 Å². The van der Waals surface area contributed by atoms with Crippen molar-refractivity contribution in [1.82, 2.24) is 4.90 Å². The number of hydrogen-bond acceptors (Lipinski definition) is 3. The van der Waals surface area contributed by atoms with E-state index in [1.807, 2.05) is 0 Å². The normalized spacial score (nSPS) is 11.8. The van der Waals surface area contributed by atoms with Crippen LogP contribution in [-0.2, 0) is 9.53 Å². The Morgan fingerprint density at radius 1 is 1.33 bits per heavy atom. The van der Waals surface area contributed by atoms with Crippen molar-refractivity contribution in [3.05, 3.63) is 35.6 Å². The lowest BCUT2D eigenvalue weighted by Gasteiger charge is -2.20. The van der Waals surface area contributed by atoms with E-state index in [4.69, 9.17) is 0 Å². The molecule has 0 spiro atoms. The molecule has 18 heavy (non-hydrogen) atoms. The number of hydrogen-bond donors (Lipinski definition) is 0. The van der Waals surface area contributed by atoms with Gasteiger partial charge in [-0.2, -0.15) is 0 Å². The SMILES string of the molecule is COC(=O)C(C)CN(C)C(=O)c1ccc(F)cc1. The molecule has 0 aromatic heterocycles. The van der Waals surface area contributed by atoms with Crippen LogP contribution in [0.5, 0.6) is 0 Å². The highest BCUT2D eigenvalue weighted by Crippen LogP contribution is 2.08. The van der Waals surface area contributed by atoms with Gasteiger partial charge in [-0.1, -0.05) is 6.92 Å². The number of ether oxygens (including phenoxy) is 1. The second-order valence-electron chi connectivity index (χ2n) is 4.12. The van der Waals surface area contributed by atoms with Crippen molar-refractivity contribution < 1.29 is 18.7 Å². The lowest BCUT2D eigenvalue weighted by molar-refractivity contribution is -0.145. The maximum absolute atomic E-state index is 12.7. The number of methoxy groups -OCH3 is 1. The molecule has 1 atom stereocenters. The zero-order valence-electron chi connectivity index (χ0n) is 10.6. The van der Waals surface area contributed by atoms with E-state index in [1.165, 1.54) is 36.3 Å². The first-order chi connectivity index (χ1) is 8.45. The average Bonchev–Trinajstić information content (AvgIpc) is 2.37. The number of esters is 1. The summed E-state index contributed by atoms with van der Waals surface area (Å²) in [5.41, 5.74) is 0.385. The van der Waals surface area contributed by atoms with Gasteiger partial charge in [-0.15, -0.1) is 0 Å². The highest BCUT2D eigenvalue weighted by Gasteiger charge is 2.19. The molecule has 0 aliphatic rings. The van der Waals surface area contributed by atoms with Gasteiger partial charge in [0.05, 0.1) is 13.0 Å². The van der Waals surface area contributed by atoms with Crippen molar-refractivity contribution in [2.24, 2.45) is 5.92 Å². The molecular weight excluding hydrogens is 237 g/mol. The Labute approximate surface area is 105 Å². The van der Waals surface area contributed by atoms with Crippen LogP contribution in [0.1, 0.15) is 17.3 Å². The maximum Gasteiger partial charge on any atom is 0.310 e. The minimum Gasteiger partial charge on any atom is -0.469 e. The molecule has 1 aromatic rings. The van der Waals surface area contributed by atoms with E-state index in [2.05, 4.69) is 4.74 Å². The van der Waals surface area contributed by atoms with Gasteiger partial charge >= 0.3 is 5.97 Å². The first-order valence-corrected chi connectivity index (χ1v) is 5.54. The van der Waals surface area contributed by atoms with E-state index in [-0.39, 0.29) is 18.4 Å². The molecule has 5 heteroatoms. The number of carbonyl (C=O) groups is 2. The summed E-state index contributed by atoms with van der Waals surface area (Å²) in [4.78, 5) is 24.6. The summed E-state index contributed by atoms with van der Waals surface area (Å²) < 4.78 is 17.3. The van der Waals surface area contributed by atoms with Gasteiger partial charge in [-0.05, 0) is 24.3 Å². The molecule has 1 amide bonds. The molecule has 0 fully saturated rings. The Morgan fingerprint density at radius 3 is 2.39 bits per heavy atom. The third kappa shape index (κ3) is 3.55. The van der Waals surface area contributed by atoms with Crippen molar-refractivity contribution in [1.29, 1.82) is 0 Å². The summed E-state index contributed by atoms with van der Waals surface area (Å²) >= 11 is 0. The van der Waals surface area contributed by atoms with Crippen LogP contribution in [0.15, 0.2) is 24.3 Å². The predicted molar refractivity (Wildman–Crippen MR) is 64.5 cm³/mol. The van der Waals surface area contributed by atoms with Crippen LogP contribution in [0.4, 0.5) is 4.39 Å². The van der Waals surface area contributed by atoms with E-state index < -0.39 is 11.7 Å². The number of halogens is 1. The van der Waals surface area contributed by atoms with Crippen molar-refractivity contribution in [3.8, 4) is 0 Å².